The van der Waals surface area contributed by atoms with Crippen molar-refractivity contribution in [2.24, 2.45) is 7.05 Å². The van der Waals surface area contributed by atoms with Gasteiger partial charge in [0, 0.05) is 18.3 Å². The fraction of sp³-hybridized carbons (Fsp3) is 0.615. The summed E-state index contributed by atoms with van der Waals surface area (Å²) in [6, 6.07) is 0.147. The molecule has 2 rings (SSSR count). The second-order valence-corrected chi connectivity index (χ2v) is 4.40. The first-order valence-electron chi connectivity index (χ1n) is 6.28. The number of hydrogen-bond acceptors (Lipinski definition) is 3. The molecule has 17 heavy (non-hydrogen) atoms. The van der Waals surface area contributed by atoms with E-state index in [1.54, 1.807) is 0 Å². The molecule has 0 bridgehead atoms. The van der Waals surface area contributed by atoms with Gasteiger partial charge in [-0.2, -0.15) is 5.10 Å². The van der Waals surface area contributed by atoms with Crippen molar-refractivity contribution in [3.05, 3.63) is 29.3 Å². The molecule has 1 N–H and O–H groups in total. The number of aromatic nitrogens is 2. The molecule has 0 aliphatic carbocycles. The summed E-state index contributed by atoms with van der Waals surface area (Å²) < 4.78 is 7.68. The number of hydrogen-bond donors (Lipinski definition) is 1. The highest BCUT2D eigenvalue weighted by atomic mass is 16.5. The van der Waals surface area contributed by atoms with Crippen LogP contribution in [0.1, 0.15) is 37.1 Å². The molecule has 0 saturated heterocycles. The minimum absolute atomic E-state index is 0.147. The molecule has 0 aromatic carbocycles. The fourth-order valence-electron chi connectivity index (χ4n) is 2.14. The molecule has 1 aliphatic rings. The zero-order valence-electron chi connectivity index (χ0n) is 10.9. The zero-order chi connectivity index (χ0) is 12.3. The largest absolute Gasteiger partial charge is 0.496 e. The Morgan fingerprint density at radius 1 is 1.59 bits per heavy atom. The molecule has 0 radical (unpaired) electrons. The second kappa shape index (κ2) is 5.36. The molecule has 2 heterocycles. The van der Waals surface area contributed by atoms with E-state index in [2.05, 4.69) is 30.3 Å². The molecule has 4 heteroatoms. The van der Waals surface area contributed by atoms with Crippen LogP contribution in [0.4, 0.5) is 0 Å². The monoisotopic (exact) mass is 235 g/mol. The average molecular weight is 235 g/mol. The van der Waals surface area contributed by atoms with Crippen molar-refractivity contribution in [3.63, 3.8) is 0 Å². The van der Waals surface area contributed by atoms with Crippen LogP contribution >= 0.6 is 0 Å². The van der Waals surface area contributed by atoms with Crippen molar-refractivity contribution >= 4 is 0 Å². The molecule has 4 nitrogen and oxygen atoms in total. The summed E-state index contributed by atoms with van der Waals surface area (Å²) in [7, 11) is 1.97. The predicted octanol–water partition coefficient (Wildman–Crippen LogP) is 2.07. The van der Waals surface area contributed by atoms with Crippen LogP contribution in [0.15, 0.2) is 18.0 Å². The van der Waals surface area contributed by atoms with E-state index in [-0.39, 0.29) is 6.04 Å². The highest BCUT2D eigenvalue weighted by Crippen LogP contribution is 2.27. The molecule has 0 amide bonds. The number of aryl methyl sites for hydroxylation is 1. The maximum atomic E-state index is 5.77. The Balaban J connectivity index is 2.28. The van der Waals surface area contributed by atoms with Gasteiger partial charge in [-0.15, -0.1) is 0 Å². The Labute approximate surface area is 103 Å². The molecule has 1 aromatic heterocycles. The lowest BCUT2D eigenvalue weighted by Gasteiger charge is -2.24. The van der Waals surface area contributed by atoms with E-state index in [4.69, 9.17) is 4.74 Å². The number of nitrogens with zero attached hydrogens (tertiary/aromatic N) is 2. The lowest BCUT2D eigenvalue weighted by Crippen LogP contribution is -2.25. The Kier molecular flexibility index (Phi) is 3.84. The molecule has 1 aliphatic heterocycles. The van der Waals surface area contributed by atoms with Gasteiger partial charge in [0.05, 0.1) is 18.8 Å². The minimum Gasteiger partial charge on any atom is -0.496 e. The van der Waals surface area contributed by atoms with Crippen LogP contribution in [-0.4, -0.2) is 22.9 Å². The van der Waals surface area contributed by atoms with Crippen LogP contribution in [0.5, 0.6) is 0 Å². The van der Waals surface area contributed by atoms with Crippen molar-refractivity contribution < 1.29 is 4.74 Å². The molecule has 1 aromatic rings. The second-order valence-electron chi connectivity index (χ2n) is 4.40. The third kappa shape index (κ3) is 2.52. The lowest BCUT2D eigenvalue weighted by molar-refractivity contribution is 0.168. The average Bonchev–Trinajstić information content (AvgIpc) is 2.69. The minimum atomic E-state index is 0.147. The maximum absolute atomic E-state index is 5.77. The van der Waals surface area contributed by atoms with Crippen LogP contribution in [0, 0.1) is 6.92 Å². The van der Waals surface area contributed by atoms with E-state index in [1.165, 1.54) is 11.3 Å². The van der Waals surface area contributed by atoms with Crippen LogP contribution < -0.4 is 5.32 Å². The fourth-order valence-corrected chi connectivity index (χ4v) is 2.14. The van der Waals surface area contributed by atoms with Crippen LogP contribution in [0.2, 0.25) is 0 Å². The summed E-state index contributed by atoms with van der Waals surface area (Å²) in [5, 5.41) is 7.78. The Bertz CT molecular complexity index is 409. The highest BCUT2D eigenvalue weighted by molar-refractivity contribution is 5.27. The molecular formula is C13H21N3O. The first-order valence-corrected chi connectivity index (χ1v) is 6.28. The smallest absolute Gasteiger partial charge is 0.114 e. The van der Waals surface area contributed by atoms with E-state index in [0.717, 1.165) is 31.8 Å². The Morgan fingerprint density at radius 2 is 2.41 bits per heavy atom. The number of ether oxygens (including phenoxy) is 1. The summed E-state index contributed by atoms with van der Waals surface area (Å²) >= 11 is 0. The Morgan fingerprint density at radius 3 is 2.94 bits per heavy atom. The summed E-state index contributed by atoms with van der Waals surface area (Å²) in [6.07, 6.45) is 6.36. The van der Waals surface area contributed by atoms with E-state index in [0.29, 0.717) is 0 Å². The highest BCUT2D eigenvalue weighted by Gasteiger charge is 2.22. The molecule has 0 saturated carbocycles. The van der Waals surface area contributed by atoms with Gasteiger partial charge < -0.3 is 10.1 Å². The summed E-state index contributed by atoms with van der Waals surface area (Å²) in [5.74, 6) is 1.05. The van der Waals surface area contributed by atoms with Gasteiger partial charge >= 0.3 is 0 Å². The third-order valence-electron chi connectivity index (χ3n) is 3.24. The first-order chi connectivity index (χ1) is 8.24. The zero-order valence-corrected chi connectivity index (χ0v) is 10.9. The summed E-state index contributed by atoms with van der Waals surface area (Å²) in [6.45, 7) is 5.95. The maximum Gasteiger partial charge on any atom is 0.114 e. The van der Waals surface area contributed by atoms with Gasteiger partial charge in [0.1, 0.15) is 5.76 Å². The van der Waals surface area contributed by atoms with Gasteiger partial charge in [0.15, 0.2) is 0 Å². The van der Waals surface area contributed by atoms with E-state index in [1.807, 2.05) is 17.9 Å². The summed E-state index contributed by atoms with van der Waals surface area (Å²) in [4.78, 5) is 0. The van der Waals surface area contributed by atoms with E-state index < -0.39 is 0 Å². The molecule has 1 unspecified atom stereocenters. The molecule has 0 spiro atoms. The number of rotatable bonds is 4. The van der Waals surface area contributed by atoms with Gasteiger partial charge in [-0.3, -0.25) is 4.68 Å². The number of nitrogens with one attached hydrogen (secondary N) is 1. The number of likely N-dealkylation sites (N-methyl/N-ethyl adjacent to an activating group) is 1. The topological polar surface area (TPSA) is 39.1 Å². The normalized spacial score (nSPS) is 17.5. The van der Waals surface area contributed by atoms with Crippen LogP contribution in [-0.2, 0) is 11.8 Å². The van der Waals surface area contributed by atoms with Crippen molar-refractivity contribution in [2.45, 2.75) is 32.7 Å². The van der Waals surface area contributed by atoms with Crippen molar-refractivity contribution in [2.75, 3.05) is 13.2 Å². The lowest BCUT2D eigenvalue weighted by atomic mass is 10.0. The van der Waals surface area contributed by atoms with Crippen molar-refractivity contribution in [1.29, 1.82) is 0 Å². The molecule has 1 atom stereocenters. The first kappa shape index (κ1) is 12.2. The van der Waals surface area contributed by atoms with Crippen molar-refractivity contribution in [3.8, 4) is 0 Å². The van der Waals surface area contributed by atoms with Gasteiger partial charge in [-0.05, 0) is 32.4 Å². The standard InChI is InChI=1S/C13H21N3O/c1-4-14-13(12-7-5-6-8-17-12)11-9-15-16(3)10(11)2/h7,9,13-14H,4-6,8H2,1-3H3. The van der Waals surface area contributed by atoms with Gasteiger partial charge in [0.2, 0.25) is 0 Å². The quantitative estimate of drug-likeness (QED) is 0.868. The van der Waals surface area contributed by atoms with E-state index >= 15 is 0 Å². The third-order valence-corrected chi connectivity index (χ3v) is 3.24. The molecule has 0 fully saturated rings. The number of allylic oxidation sites excluding steroid dienone is 1. The SMILES string of the molecule is CCNC(C1=CCCCO1)c1cnn(C)c1C. The Hall–Kier alpha value is -1.29. The van der Waals surface area contributed by atoms with Gasteiger partial charge in [0.25, 0.3) is 0 Å². The van der Waals surface area contributed by atoms with Crippen LogP contribution in [0.3, 0.4) is 0 Å². The molecule has 94 valence electrons. The van der Waals surface area contributed by atoms with Gasteiger partial charge in [-0.1, -0.05) is 6.92 Å². The van der Waals surface area contributed by atoms with E-state index in [9.17, 15) is 0 Å². The molecular weight excluding hydrogens is 214 g/mol. The van der Waals surface area contributed by atoms with Crippen LogP contribution in [0.25, 0.3) is 0 Å². The summed E-state index contributed by atoms with van der Waals surface area (Å²) in [5.41, 5.74) is 2.40. The van der Waals surface area contributed by atoms with Crippen molar-refractivity contribution in [1.82, 2.24) is 15.1 Å². The predicted molar refractivity (Wildman–Crippen MR) is 67.6 cm³/mol. The van der Waals surface area contributed by atoms with Gasteiger partial charge in [-0.25, -0.2) is 0 Å².